The van der Waals surface area contributed by atoms with Crippen LogP contribution in [0.25, 0.3) is 0 Å². The van der Waals surface area contributed by atoms with Gasteiger partial charge in [-0.15, -0.1) is 0 Å². The molecule has 1 aromatic rings. The topological polar surface area (TPSA) is 23.8 Å². The van der Waals surface area contributed by atoms with Gasteiger partial charge < -0.3 is 0 Å². The third-order valence-electron chi connectivity index (χ3n) is 3.51. The summed E-state index contributed by atoms with van der Waals surface area (Å²) >= 11 is 0. The van der Waals surface area contributed by atoms with E-state index in [1.54, 1.807) is 6.07 Å². The molecular weight excluding hydrogens is 239 g/mol. The third kappa shape index (κ3) is 2.66. The largest absolute Gasteiger partial charge is 0.244 e. The van der Waals surface area contributed by atoms with E-state index in [2.05, 4.69) is 0 Å². The summed E-state index contributed by atoms with van der Waals surface area (Å²) in [5, 5.41) is 8.59. The molecule has 1 saturated carbocycles. The van der Waals surface area contributed by atoms with Gasteiger partial charge in [-0.25, -0.2) is 13.2 Å². The van der Waals surface area contributed by atoms with Gasteiger partial charge in [0, 0.05) is 12.0 Å². The highest BCUT2D eigenvalue weighted by Gasteiger charge is 2.33. The molecule has 0 saturated heterocycles. The van der Waals surface area contributed by atoms with E-state index >= 15 is 0 Å². The molecule has 0 bridgehead atoms. The Labute approximate surface area is 104 Å². The lowest BCUT2D eigenvalue weighted by Crippen LogP contribution is -2.29. The molecule has 96 valence electrons. The minimum atomic E-state index is -1.51. The van der Waals surface area contributed by atoms with Crippen molar-refractivity contribution in [3.63, 3.8) is 0 Å². The first-order chi connectivity index (χ1) is 8.54. The van der Waals surface area contributed by atoms with E-state index in [-0.39, 0.29) is 17.5 Å². The smallest absolute Gasteiger partial charge is 0.130 e. The Bertz CT molecular complexity index is 461. The van der Waals surface area contributed by atoms with Crippen LogP contribution in [0.2, 0.25) is 0 Å². The molecule has 0 aliphatic heterocycles. The maximum atomic E-state index is 14.4. The molecule has 0 unspecified atom stereocenters. The zero-order valence-corrected chi connectivity index (χ0v) is 9.98. The molecule has 0 atom stereocenters. The van der Waals surface area contributed by atoms with Gasteiger partial charge in [0.15, 0.2) is 0 Å². The molecule has 18 heavy (non-hydrogen) atoms. The fourth-order valence-electron chi connectivity index (χ4n) is 2.52. The monoisotopic (exact) mass is 253 g/mol. The van der Waals surface area contributed by atoms with Crippen LogP contribution in [0.5, 0.6) is 0 Å². The molecule has 1 aliphatic rings. The van der Waals surface area contributed by atoms with Crippen LogP contribution in [0.3, 0.4) is 0 Å². The molecule has 0 aromatic heterocycles. The van der Waals surface area contributed by atoms with Crippen LogP contribution < -0.4 is 0 Å². The van der Waals surface area contributed by atoms with Crippen molar-refractivity contribution in [3.05, 3.63) is 34.9 Å². The number of alkyl halides is 1. The second-order valence-electron chi connectivity index (χ2n) is 4.92. The first-order valence-corrected chi connectivity index (χ1v) is 6.11. The van der Waals surface area contributed by atoms with Gasteiger partial charge in [-0.05, 0) is 25.0 Å². The molecule has 0 radical (unpaired) electrons. The van der Waals surface area contributed by atoms with Crippen LogP contribution in [-0.2, 0) is 6.42 Å². The zero-order valence-electron chi connectivity index (χ0n) is 9.98. The normalized spacial score (nSPS) is 18.3. The maximum Gasteiger partial charge on any atom is 0.130 e. The summed E-state index contributed by atoms with van der Waals surface area (Å²) in [6.07, 6.45) is 2.96. The van der Waals surface area contributed by atoms with Crippen molar-refractivity contribution in [2.24, 2.45) is 0 Å². The van der Waals surface area contributed by atoms with Crippen molar-refractivity contribution in [1.82, 2.24) is 0 Å². The highest BCUT2D eigenvalue weighted by molar-refractivity contribution is 5.34. The van der Waals surface area contributed by atoms with E-state index in [1.807, 2.05) is 0 Å². The Kier molecular flexibility index (Phi) is 3.60. The predicted octanol–water partition coefficient (Wildman–Crippen LogP) is 4.05. The first-order valence-electron chi connectivity index (χ1n) is 6.11. The van der Waals surface area contributed by atoms with E-state index < -0.39 is 17.3 Å². The summed E-state index contributed by atoms with van der Waals surface area (Å²) in [5.41, 5.74) is -1.82. The number of hydrogen-bond acceptors (Lipinski definition) is 1. The third-order valence-corrected chi connectivity index (χ3v) is 3.51. The Morgan fingerprint density at radius 1 is 1.11 bits per heavy atom. The highest BCUT2D eigenvalue weighted by atomic mass is 19.1. The van der Waals surface area contributed by atoms with E-state index in [4.69, 9.17) is 5.26 Å². The van der Waals surface area contributed by atoms with Crippen LogP contribution in [0, 0.1) is 23.0 Å². The van der Waals surface area contributed by atoms with Crippen molar-refractivity contribution >= 4 is 0 Å². The van der Waals surface area contributed by atoms with Crippen molar-refractivity contribution in [2.45, 2.75) is 44.2 Å². The number of nitriles is 1. The summed E-state index contributed by atoms with van der Waals surface area (Å²) in [6.45, 7) is 0. The molecule has 1 fully saturated rings. The molecule has 0 spiro atoms. The lowest BCUT2D eigenvalue weighted by molar-refractivity contribution is 0.105. The van der Waals surface area contributed by atoms with Crippen molar-refractivity contribution in [3.8, 4) is 6.07 Å². The van der Waals surface area contributed by atoms with Crippen LogP contribution in [0.15, 0.2) is 12.1 Å². The average molecular weight is 253 g/mol. The van der Waals surface area contributed by atoms with Crippen LogP contribution >= 0.6 is 0 Å². The lowest BCUT2D eigenvalue weighted by Gasteiger charge is -2.29. The summed E-state index contributed by atoms with van der Waals surface area (Å²) < 4.78 is 41.7. The molecule has 0 N–H and O–H groups in total. The predicted molar refractivity (Wildman–Crippen MR) is 61.7 cm³/mol. The van der Waals surface area contributed by atoms with Gasteiger partial charge in [-0.3, -0.25) is 0 Å². The van der Waals surface area contributed by atoms with Crippen molar-refractivity contribution in [1.29, 1.82) is 5.26 Å². The summed E-state index contributed by atoms with van der Waals surface area (Å²) in [4.78, 5) is 0. The SMILES string of the molecule is N#Cc1cc(F)c(CC2(F)CCCCC2)c(F)c1. The second kappa shape index (κ2) is 5.01. The summed E-state index contributed by atoms with van der Waals surface area (Å²) in [5.74, 6) is -1.65. The van der Waals surface area contributed by atoms with Gasteiger partial charge in [-0.2, -0.15) is 5.26 Å². The second-order valence-corrected chi connectivity index (χ2v) is 4.92. The fourth-order valence-corrected chi connectivity index (χ4v) is 2.52. The van der Waals surface area contributed by atoms with Gasteiger partial charge >= 0.3 is 0 Å². The Hall–Kier alpha value is -1.50. The van der Waals surface area contributed by atoms with Gasteiger partial charge in [0.2, 0.25) is 0 Å². The number of nitrogens with zero attached hydrogens (tertiary/aromatic N) is 1. The maximum absolute atomic E-state index is 14.4. The first kappa shape index (κ1) is 12.9. The van der Waals surface area contributed by atoms with Gasteiger partial charge in [0.1, 0.15) is 17.3 Å². The van der Waals surface area contributed by atoms with Gasteiger partial charge in [0.25, 0.3) is 0 Å². The highest BCUT2D eigenvalue weighted by Crippen LogP contribution is 2.36. The summed E-state index contributed by atoms with van der Waals surface area (Å²) in [6, 6.07) is 3.60. The Balaban J connectivity index is 2.26. The molecule has 0 heterocycles. The Morgan fingerprint density at radius 3 is 2.17 bits per heavy atom. The van der Waals surface area contributed by atoms with Crippen molar-refractivity contribution < 1.29 is 13.2 Å². The molecule has 0 amide bonds. The van der Waals surface area contributed by atoms with Crippen LogP contribution in [0.4, 0.5) is 13.2 Å². The quantitative estimate of drug-likeness (QED) is 0.780. The number of halogens is 3. The number of benzene rings is 1. The van der Waals surface area contributed by atoms with E-state index in [1.165, 1.54) is 0 Å². The van der Waals surface area contributed by atoms with E-state index in [0.29, 0.717) is 12.8 Å². The van der Waals surface area contributed by atoms with E-state index in [0.717, 1.165) is 31.4 Å². The molecular formula is C14H14F3N. The van der Waals surface area contributed by atoms with E-state index in [9.17, 15) is 13.2 Å². The molecule has 1 nitrogen and oxygen atoms in total. The zero-order chi connectivity index (χ0) is 13.2. The standard InChI is InChI=1S/C14H14F3N/c15-12-6-10(9-18)7-13(16)11(12)8-14(17)4-2-1-3-5-14/h6-7H,1-5,8H2. The fraction of sp³-hybridized carbons (Fsp3) is 0.500. The molecule has 1 aliphatic carbocycles. The molecule has 2 rings (SSSR count). The Morgan fingerprint density at radius 2 is 1.67 bits per heavy atom. The van der Waals surface area contributed by atoms with Gasteiger partial charge in [-0.1, -0.05) is 19.3 Å². The average Bonchev–Trinajstić information content (AvgIpc) is 2.34. The lowest BCUT2D eigenvalue weighted by atomic mass is 9.81. The summed E-state index contributed by atoms with van der Waals surface area (Å²) in [7, 11) is 0. The minimum absolute atomic E-state index is 0.0784. The number of hydrogen-bond donors (Lipinski definition) is 0. The molecule has 1 aromatic carbocycles. The number of rotatable bonds is 2. The molecule has 4 heteroatoms. The van der Waals surface area contributed by atoms with Gasteiger partial charge in [0.05, 0.1) is 11.6 Å². The minimum Gasteiger partial charge on any atom is -0.244 e. The van der Waals surface area contributed by atoms with Crippen molar-refractivity contribution in [2.75, 3.05) is 0 Å². The van der Waals surface area contributed by atoms with Crippen LogP contribution in [0.1, 0.15) is 43.2 Å². The van der Waals surface area contributed by atoms with Crippen LogP contribution in [-0.4, -0.2) is 5.67 Å².